The quantitative estimate of drug-likeness (QED) is 0.451. The molecule has 4 rings (SSSR count). The summed E-state index contributed by atoms with van der Waals surface area (Å²) in [5.74, 6) is -0.511. The summed E-state index contributed by atoms with van der Waals surface area (Å²) in [4.78, 5) is 27.2. The lowest BCUT2D eigenvalue weighted by Gasteiger charge is -2.37. The summed E-state index contributed by atoms with van der Waals surface area (Å²) in [5, 5.41) is 7.90. The van der Waals surface area contributed by atoms with Gasteiger partial charge in [-0.1, -0.05) is 68.4 Å². The molecule has 0 radical (unpaired) electrons. The number of methoxy groups -OCH3 is 1. The second-order valence-corrected chi connectivity index (χ2v) is 10.4. The van der Waals surface area contributed by atoms with Gasteiger partial charge in [0.05, 0.1) is 29.6 Å². The molecule has 1 aliphatic rings. The monoisotopic (exact) mass is 487 g/mol. The Morgan fingerprint density at radius 2 is 1.78 bits per heavy atom. The lowest BCUT2D eigenvalue weighted by Crippen LogP contribution is -2.52. The van der Waals surface area contributed by atoms with Crippen LogP contribution in [0.25, 0.3) is 0 Å². The van der Waals surface area contributed by atoms with Crippen molar-refractivity contribution in [2.75, 3.05) is 7.11 Å². The molecule has 1 unspecified atom stereocenters. The number of hydrogen-bond donors (Lipinski definition) is 1. The van der Waals surface area contributed by atoms with Gasteiger partial charge in [-0.05, 0) is 69.1 Å². The number of aryl methyl sites for hydroxylation is 2. The van der Waals surface area contributed by atoms with Crippen molar-refractivity contribution in [1.29, 1.82) is 0 Å². The lowest BCUT2D eigenvalue weighted by molar-refractivity contribution is -0.149. The Hall–Kier alpha value is -3.41. The van der Waals surface area contributed by atoms with Crippen molar-refractivity contribution in [2.45, 2.75) is 77.3 Å². The van der Waals surface area contributed by atoms with E-state index in [0.717, 1.165) is 24.1 Å². The van der Waals surface area contributed by atoms with Gasteiger partial charge in [-0.25, -0.2) is 4.79 Å². The Labute approximate surface area is 214 Å². The summed E-state index contributed by atoms with van der Waals surface area (Å²) in [6.07, 6.45) is 2.89. The molecule has 1 N–H and O–H groups in total. The zero-order chi connectivity index (χ0) is 26.1. The van der Waals surface area contributed by atoms with Crippen LogP contribution in [0.15, 0.2) is 54.6 Å². The van der Waals surface area contributed by atoms with Crippen molar-refractivity contribution in [3.63, 3.8) is 0 Å². The number of esters is 1. The van der Waals surface area contributed by atoms with Gasteiger partial charge in [0.15, 0.2) is 5.54 Å². The summed E-state index contributed by atoms with van der Waals surface area (Å²) >= 11 is 0. The molecule has 0 fully saturated rings. The van der Waals surface area contributed by atoms with E-state index in [2.05, 4.69) is 50.4 Å². The number of rotatable bonds is 7. The molecule has 0 aliphatic carbocycles. The third kappa shape index (κ3) is 4.45. The van der Waals surface area contributed by atoms with Gasteiger partial charge in [0, 0.05) is 0 Å². The van der Waals surface area contributed by atoms with Crippen molar-refractivity contribution >= 4 is 11.9 Å². The molecule has 3 aromatic rings. The van der Waals surface area contributed by atoms with E-state index in [0.29, 0.717) is 29.7 Å². The molecule has 190 valence electrons. The maximum absolute atomic E-state index is 14.0. The van der Waals surface area contributed by atoms with Crippen LogP contribution in [-0.2, 0) is 33.5 Å². The first-order valence-corrected chi connectivity index (χ1v) is 12.8. The number of carbonyl (C=O) groups excluding carboxylic acids is 2. The Morgan fingerprint density at radius 3 is 2.36 bits per heavy atom. The van der Waals surface area contributed by atoms with Crippen molar-refractivity contribution in [1.82, 2.24) is 15.1 Å². The third-order valence-electron chi connectivity index (χ3n) is 7.66. The molecule has 0 bridgehead atoms. The zero-order valence-corrected chi connectivity index (χ0v) is 22.2. The Kier molecular flexibility index (Phi) is 7.07. The maximum Gasteiger partial charge on any atom is 0.336 e. The molecule has 1 amide bonds. The first-order valence-electron chi connectivity index (χ1n) is 12.8. The molecule has 6 heteroatoms. The molecule has 2 atom stereocenters. The van der Waals surface area contributed by atoms with Crippen LogP contribution in [0.5, 0.6) is 0 Å². The summed E-state index contributed by atoms with van der Waals surface area (Å²) in [6, 6.07) is 18.3. The van der Waals surface area contributed by atoms with Gasteiger partial charge in [-0.3, -0.25) is 9.48 Å². The zero-order valence-electron chi connectivity index (χ0n) is 22.2. The average Bonchev–Trinajstić information content (AvgIpc) is 3.24. The largest absolute Gasteiger partial charge is 0.467 e. The maximum atomic E-state index is 14.0. The highest BCUT2D eigenvalue weighted by molar-refractivity contribution is 6.00. The van der Waals surface area contributed by atoms with E-state index in [1.165, 1.54) is 12.7 Å². The molecule has 2 aromatic carbocycles. The van der Waals surface area contributed by atoms with Crippen molar-refractivity contribution in [2.24, 2.45) is 0 Å². The smallest absolute Gasteiger partial charge is 0.336 e. The number of carbonyl (C=O) groups is 2. The number of aromatic nitrogens is 2. The van der Waals surface area contributed by atoms with E-state index in [9.17, 15) is 9.59 Å². The number of hydrogen-bond acceptors (Lipinski definition) is 4. The lowest BCUT2D eigenvalue weighted by atomic mass is 9.79. The van der Waals surface area contributed by atoms with Gasteiger partial charge in [-0.15, -0.1) is 0 Å². The van der Waals surface area contributed by atoms with E-state index < -0.39 is 11.5 Å². The highest BCUT2D eigenvalue weighted by atomic mass is 16.5. The summed E-state index contributed by atoms with van der Waals surface area (Å²) < 4.78 is 7.22. The van der Waals surface area contributed by atoms with Gasteiger partial charge < -0.3 is 10.1 Å². The fourth-order valence-electron chi connectivity index (χ4n) is 5.65. The second kappa shape index (κ2) is 9.92. The number of nitrogens with zero attached hydrogens (tertiary/aromatic N) is 2. The number of benzene rings is 2. The predicted octanol–water partition coefficient (Wildman–Crippen LogP) is 5.43. The third-order valence-corrected chi connectivity index (χ3v) is 7.66. The summed E-state index contributed by atoms with van der Waals surface area (Å²) in [6.45, 7) is 10.2. The van der Waals surface area contributed by atoms with Crippen LogP contribution in [0.4, 0.5) is 0 Å². The topological polar surface area (TPSA) is 73.2 Å². The molecular formula is C30H37N3O3. The van der Waals surface area contributed by atoms with Crippen LogP contribution in [-0.4, -0.2) is 28.8 Å². The minimum Gasteiger partial charge on any atom is -0.467 e. The van der Waals surface area contributed by atoms with Crippen LogP contribution in [0.3, 0.4) is 0 Å². The van der Waals surface area contributed by atoms with Crippen LogP contribution in [0.1, 0.15) is 84.9 Å². The molecule has 1 aliphatic heterocycles. The van der Waals surface area contributed by atoms with Crippen LogP contribution in [0, 0.1) is 6.92 Å². The number of amides is 1. The number of nitrogens with one attached hydrogen (secondary N) is 1. The standard InChI is InChI=1S/C30H37N3O3/c1-7-21-14-16-24(17-15-21)30(8-2,28(35)36-6)31-27(34)26-20(3)32-33-25(26)18-23(19-29(33,4)5)22-12-10-9-11-13-22/h9-17,23H,7-8,18-19H2,1-6H3,(H,31,34)/t23-,30?/m0/s1. The molecule has 1 aromatic heterocycles. The van der Waals surface area contributed by atoms with E-state index in [1.54, 1.807) is 0 Å². The van der Waals surface area contributed by atoms with Crippen LogP contribution >= 0.6 is 0 Å². The van der Waals surface area contributed by atoms with E-state index in [4.69, 9.17) is 9.84 Å². The first kappa shape index (κ1) is 25.7. The van der Waals surface area contributed by atoms with Crippen molar-refractivity contribution in [3.05, 3.63) is 88.2 Å². The fourth-order valence-corrected chi connectivity index (χ4v) is 5.65. The molecule has 0 spiro atoms. The normalized spacial score (nSPS) is 18.1. The second-order valence-electron chi connectivity index (χ2n) is 10.4. The van der Waals surface area contributed by atoms with Gasteiger partial charge in [0.2, 0.25) is 0 Å². The predicted molar refractivity (Wildman–Crippen MR) is 141 cm³/mol. The SMILES string of the molecule is CCc1ccc(C(CC)(NC(=O)c2c(C)nn3c2C[C@H](c2ccccc2)CC3(C)C)C(=O)OC)cc1. The molecule has 36 heavy (non-hydrogen) atoms. The first-order chi connectivity index (χ1) is 17.2. The van der Waals surface area contributed by atoms with Gasteiger partial charge in [0.1, 0.15) is 0 Å². The molecular weight excluding hydrogens is 450 g/mol. The summed E-state index contributed by atoms with van der Waals surface area (Å²) in [7, 11) is 1.36. The van der Waals surface area contributed by atoms with Crippen LogP contribution in [0.2, 0.25) is 0 Å². The van der Waals surface area contributed by atoms with Crippen LogP contribution < -0.4 is 5.32 Å². The van der Waals surface area contributed by atoms with Gasteiger partial charge in [0.25, 0.3) is 5.91 Å². The minimum atomic E-state index is -1.29. The Morgan fingerprint density at radius 1 is 1.11 bits per heavy atom. The van der Waals surface area contributed by atoms with Crippen molar-refractivity contribution in [3.8, 4) is 0 Å². The average molecular weight is 488 g/mol. The van der Waals surface area contributed by atoms with E-state index in [1.807, 2.05) is 48.9 Å². The molecule has 0 saturated carbocycles. The van der Waals surface area contributed by atoms with Crippen molar-refractivity contribution < 1.29 is 14.3 Å². The van der Waals surface area contributed by atoms with E-state index >= 15 is 0 Å². The number of fused-ring (bicyclic) bond motifs is 1. The van der Waals surface area contributed by atoms with Gasteiger partial charge >= 0.3 is 5.97 Å². The Bertz CT molecular complexity index is 1240. The number of ether oxygens (including phenoxy) is 1. The minimum absolute atomic E-state index is 0.252. The van der Waals surface area contributed by atoms with Gasteiger partial charge in [-0.2, -0.15) is 5.10 Å². The van der Waals surface area contributed by atoms with E-state index in [-0.39, 0.29) is 17.4 Å². The molecule has 6 nitrogen and oxygen atoms in total. The highest BCUT2D eigenvalue weighted by Crippen LogP contribution is 2.41. The molecule has 0 saturated heterocycles. The Balaban J connectivity index is 1.76. The summed E-state index contributed by atoms with van der Waals surface area (Å²) in [5.41, 5.74) is 3.72. The highest BCUT2D eigenvalue weighted by Gasteiger charge is 2.44. The molecule has 2 heterocycles. The fraction of sp³-hybridized carbons (Fsp3) is 0.433.